The largest absolute Gasteiger partial charge is 0.361 e. The number of hydrogen-bond acceptors (Lipinski definition) is 1. The molecule has 1 aliphatic carbocycles. The maximum Gasteiger partial charge on any atom is 0.0953 e. The van der Waals surface area contributed by atoms with Gasteiger partial charge in [-0.25, -0.2) is 4.98 Å². The number of H-pyrrole nitrogens is 1. The van der Waals surface area contributed by atoms with E-state index < -0.39 is 0 Å². The highest BCUT2D eigenvalue weighted by molar-refractivity contribution is 5.85. The fourth-order valence-electron chi connectivity index (χ4n) is 4.07. The summed E-state index contributed by atoms with van der Waals surface area (Å²) >= 11 is 0. The van der Waals surface area contributed by atoms with Crippen LogP contribution in [-0.4, -0.2) is 14.5 Å². The van der Waals surface area contributed by atoms with Crippen molar-refractivity contribution in [3.8, 4) is 22.4 Å². The Balaban J connectivity index is 1.48. The van der Waals surface area contributed by atoms with Crippen molar-refractivity contribution in [3.63, 3.8) is 0 Å². The number of rotatable bonds is 3. The molecule has 3 heteroatoms. The van der Waals surface area contributed by atoms with Crippen LogP contribution in [0, 0.1) is 0 Å². The molecule has 1 N–H and O–H groups in total. The Kier molecular flexibility index (Phi) is 3.44. The first-order valence-corrected chi connectivity index (χ1v) is 9.08. The molecule has 0 amide bonds. The molecule has 4 aromatic rings. The maximum absolute atomic E-state index is 4.41. The third-order valence-corrected chi connectivity index (χ3v) is 5.45. The minimum Gasteiger partial charge on any atom is -0.361 e. The van der Waals surface area contributed by atoms with E-state index in [0.717, 1.165) is 0 Å². The summed E-state index contributed by atoms with van der Waals surface area (Å²) in [5.41, 5.74) is 6.16. The lowest BCUT2D eigenvalue weighted by Crippen LogP contribution is -2.04. The molecule has 0 spiro atoms. The number of benzene rings is 2. The number of aromatic nitrogens is 3. The first-order chi connectivity index (χ1) is 12.4. The van der Waals surface area contributed by atoms with Crippen LogP contribution in [0.4, 0.5) is 0 Å². The third kappa shape index (κ3) is 2.56. The Bertz CT molecular complexity index is 1000. The molecule has 1 fully saturated rings. The summed E-state index contributed by atoms with van der Waals surface area (Å²) in [5, 5.41) is 1.25. The van der Waals surface area contributed by atoms with Crippen LogP contribution >= 0.6 is 0 Å². The molecule has 2 heterocycles. The van der Waals surface area contributed by atoms with Gasteiger partial charge in [0, 0.05) is 17.8 Å². The summed E-state index contributed by atoms with van der Waals surface area (Å²) < 4.78 is 2.37. The number of fused-ring (bicyclic) bond motifs is 1. The Labute approximate surface area is 147 Å². The molecule has 0 aliphatic heterocycles. The first kappa shape index (κ1) is 14.5. The van der Waals surface area contributed by atoms with Crippen molar-refractivity contribution in [3.05, 3.63) is 67.3 Å². The van der Waals surface area contributed by atoms with Crippen molar-refractivity contribution in [1.82, 2.24) is 14.5 Å². The molecule has 124 valence electrons. The molecular weight excluding hydrogens is 306 g/mol. The second kappa shape index (κ2) is 5.92. The van der Waals surface area contributed by atoms with Crippen LogP contribution in [0.25, 0.3) is 33.3 Å². The van der Waals surface area contributed by atoms with Crippen LogP contribution in [0.1, 0.15) is 31.7 Å². The number of hydrogen-bond donors (Lipinski definition) is 1. The van der Waals surface area contributed by atoms with Crippen LogP contribution in [0.3, 0.4) is 0 Å². The monoisotopic (exact) mass is 327 g/mol. The number of nitrogens with zero attached hydrogens (tertiary/aromatic N) is 2. The molecule has 0 unspecified atom stereocenters. The Hall–Kier alpha value is -2.81. The summed E-state index contributed by atoms with van der Waals surface area (Å²) in [6, 6.07) is 18.2. The van der Waals surface area contributed by atoms with Gasteiger partial charge in [-0.15, -0.1) is 0 Å². The van der Waals surface area contributed by atoms with Gasteiger partial charge in [0.2, 0.25) is 0 Å². The van der Waals surface area contributed by atoms with E-state index in [4.69, 9.17) is 0 Å². The summed E-state index contributed by atoms with van der Waals surface area (Å²) in [6.07, 6.45) is 11.2. The van der Waals surface area contributed by atoms with E-state index in [-0.39, 0.29) is 0 Å². The van der Waals surface area contributed by atoms with Gasteiger partial charge in [-0.3, -0.25) is 0 Å². The predicted molar refractivity (Wildman–Crippen MR) is 102 cm³/mol. The molecular formula is C22H21N3. The molecule has 5 rings (SSSR count). The van der Waals surface area contributed by atoms with Crippen molar-refractivity contribution in [1.29, 1.82) is 0 Å². The normalized spacial score (nSPS) is 15.2. The highest BCUT2D eigenvalue weighted by Gasteiger charge is 2.19. The lowest BCUT2D eigenvalue weighted by Gasteiger charge is -2.15. The van der Waals surface area contributed by atoms with Crippen LogP contribution in [0.2, 0.25) is 0 Å². The van der Waals surface area contributed by atoms with E-state index in [0.29, 0.717) is 6.04 Å². The molecule has 2 aromatic heterocycles. The molecule has 3 nitrogen and oxygen atoms in total. The highest BCUT2D eigenvalue weighted by Crippen LogP contribution is 2.34. The van der Waals surface area contributed by atoms with Gasteiger partial charge in [-0.2, -0.15) is 0 Å². The van der Waals surface area contributed by atoms with Gasteiger partial charge in [0.25, 0.3) is 0 Å². The number of nitrogens with one attached hydrogen (secondary N) is 1. The number of imidazole rings is 1. The lowest BCUT2D eigenvalue weighted by molar-refractivity contribution is 0.523. The molecule has 0 saturated heterocycles. The quantitative estimate of drug-likeness (QED) is 0.506. The van der Waals surface area contributed by atoms with Gasteiger partial charge < -0.3 is 9.55 Å². The van der Waals surface area contributed by atoms with Crippen molar-refractivity contribution in [2.24, 2.45) is 0 Å². The summed E-state index contributed by atoms with van der Waals surface area (Å²) in [4.78, 5) is 7.66. The van der Waals surface area contributed by atoms with E-state index in [2.05, 4.69) is 63.1 Å². The van der Waals surface area contributed by atoms with Gasteiger partial charge >= 0.3 is 0 Å². The van der Waals surface area contributed by atoms with E-state index >= 15 is 0 Å². The molecule has 0 bridgehead atoms. The fourth-order valence-corrected chi connectivity index (χ4v) is 4.07. The summed E-state index contributed by atoms with van der Waals surface area (Å²) in [6.45, 7) is 0. The van der Waals surface area contributed by atoms with E-state index in [1.807, 2.05) is 18.7 Å². The van der Waals surface area contributed by atoms with Crippen LogP contribution in [0.15, 0.2) is 67.3 Å². The van der Waals surface area contributed by atoms with E-state index in [9.17, 15) is 0 Å². The molecule has 2 aromatic carbocycles. The zero-order chi connectivity index (χ0) is 16.6. The zero-order valence-electron chi connectivity index (χ0n) is 14.2. The van der Waals surface area contributed by atoms with E-state index in [1.165, 1.54) is 59.0 Å². The molecule has 0 atom stereocenters. The van der Waals surface area contributed by atoms with Crippen molar-refractivity contribution in [2.45, 2.75) is 31.7 Å². The van der Waals surface area contributed by atoms with Crippen LogP contribution < -0.4 is 0 Å². The second-order valence-electron chi connectivity index (χ2n) is 6.98. The zero-order valence-corrected chi connectivity index (χ0v) is 14.2. The minimum atomic E-state index is 0.619. The van der Waals surface area contributed by atoms with Crippen molar-refractivity contribution < 1.29 is 0 Å². The molecule has 25 heavy (non-hydrogen) atoms. The smallest absolute Gasteiger partial charge is 0.0953 e. The van der Waals surface area contributed by atoms with E-state index in [1.54, 1.807) is 0 Å². The van der Waals surface area contributed by atoms with Gasteiger partial charge in [0.15, 0.2) is 0 Å². The number of aromatic amines is 1. The van der Waals surface area contributed by atoms with Crippen molar-refractivity contribution >= 4 is 10.9 Å². The van der Waals surface area contributed by atoms with Crippen molar-refractivity contribution in [2.75, 3.05) is 0 Å². The molecule has 1 aliphatic rings. The minimum absolute atomic E-state index is 0.619. The Morgan fingerprint density at radius 2 is 1.64 bits per heavy atom. The summed E-state index contributed by atoms with van der Waals surface area (Å²) in [5.74, 6) is 0. The molecule has 1 saturated carbocycles. The molecule has 0 radical (unpaired) electrons. The standard InChI is InChI=1S/C22H21N3/c1-2-4-20(3-1)25-15-23-14-22(25)17-7-5-16(6-8-17)18-9-10-21-19(13-18)11-12-24-21/h5-15,20,24H,1-4H2. The Morgan fingerprint density at radius 1 is 0.880 bits per heavy atom. The topological polar surface area (TPSA) is 33.6 Å². The highest BCUT2D eigenvalue weighted by atomic mass is 15.1. The fraction of sp³-hybridized carbons (Fsp3) is 0.227. The van der Waals surface area contributed by atoms with Gasteiger partial charge in [0.1, 0.15) is 0 Å². The Morgan fingerprint density at radius 3 is 2.48 bits per heavy atom. The maximum atomic E-state index is 4.41. The van der Waals surface area contributed by atoms with Gasteiger partial charge in [0.05, 0.1) is 18.2 Å². The van der Waals surface area contributed by atoms with Crippen LogP contribution in [-0.2, 0) is 0 Å². The third-order valence-electron chi connectivity index (χ3n) is 5.45. The van der Waals surface area contributed by atoms with Gasteiger partial charge in [-0.1, -0.05) is 43.2 Å². The summed E-state index contributed by atoms with van der Waals surface area (Å²) in [7, 11) is 0. The second-order valence-corrected chi connectivity index (χ2v) is 6.98. The first-order valence-electron chi connectivity index (χ1n) is 9.08. The average Bonchev–Trinajstić information content (AvgIpc) is 3.41. The average molecular weight is 327 g/mol. The predicted octanol–water partition coefficient (Wildman–Crippen LogP) is 5.81. The lowest BCUT2D eigenvalue weighted by atomic mass is 10.0. The van der Waals surface area contributed by atoms with Crippen LogP contribution in [0.5, 0.6) is 0 Å². The SMILES string of the molecule is c1cc2cc(-c3ccc(-c4cncn4C4CCCC4)cc3)ccc2[nH]1. The van der Waals surface area contributed by atoms with Gasteiger partial charge in [-0.05, 0) is 53.1 Å².